The van der Waals surface area contributed by atoms with Gasteiger partial charge in [0.25, 0.3) is 5.91 Å². The summed E-state index contributed by atoms with van der Waals surface area (Å²) in [5, 5.41) is 5.39. The summed E-state index contributed by atoms with van der Waals surface area (Å²) in [5.41, 5.74) is 1.71. The predicted molar refractivity (Wildman–Crippen MR) is 79.2 cm³/mol. The average Bonchev–Trinajstić information content (AvgIpc) is 2.48. The van der Waals surface area contributed by atoms with Crippen LogP contribution < -0.4 is 10.6 Å². The highest BCUT2D eigenvalue weighted by molar-refractivity contribution is 5.94. The zero-order valence-electron chi connectivity index (χ0n) is 12.5. The summed E-state index contributed by atoms with van der Waals surface area (Å²) in [6, 6.07) is 7.31. The van der Waals surface area contributed by atoms with Gasteiger partial charge in [0.15, 0.2) is 0 Å². The van der Waals surface area contributed by atoms with Gasteiger partial charge in [-0.1, -0.05) is 17.7 Å². The van der Waals surface area contributed by atoms with Crippen molar-refractivity contribution in [1.82, 2.24) is 10.6 Å². The largest absolute Gasteiger partial charge is 0.382 e. The molecule has 0 aromatic heterocycles. The van der Waals surface area contributed by atoms with Crippen LogP contribution in [0.15, 0.2) is 24.3 Å². The predicted octanol–water partition coefficient (Wildman–Crippen LogP) is 0.504. The second-order valence-corrected chi connectivity index (χ2v) is 4.52. The molecule has 6 nitrogen and oxygen atoms in total. The number of hydrogen-bond acceptors (Lipinski definition) is 4. The molecule has 0 radical (unpaired) electrons. The summed E-state index contributed by atoms with van der Waals surface area (Å²) in [4.78, 5) is 23.2. The Morgan fingerprint density at radius 1 is 1.05 bits per heavy atom. The van der Waals surface area contributed by atoms with E-state index in [2.05, 4.69) is 10.6 Å². The minimum atomic E-state index is -0.212. The van der Waals surface area contributed by atoms with E-state index in [0.717, 1.165) is 5.56 Å². The highest BCUT2D eigenvalue weighted by atomic mass is 16.5. The fourth-order valence-corrected chi connectivity index (χ4v) is 1.54. The van der Waals surface area contributed by atoms with E-state index in [0.29, 0.717) is 31.9 Å². The number of methoxy groups -OCH3 is 1. The van der Waals surface area contributed by atoms with Crippen LogP contribution in [0.5, 0.6) is 0 Å². The normalized spacial score (nSPS) is 10.2. The van der Waals surface area contributed by atoms with E-state index in [4.69, 9.17) is 9.47 Å². The third-order valence-electron chi connectivity index (χ3n) is 2.71. The lowest BCUT2D eigenvalue weighted by molar-refractivity contribution is -0.126. The molecule has 2 N–H and O–H groups in total. The first-order chi connectivity index (χ1) is 10.1. The number of carbonyl (C=O) groups is 2. The smallest absolute Gasteiger partial charge is 0.251 e. The van der Waals surface area contributed by atoms with Crippen molar-refractivity contribution in [2.75, 3.05) is 40.0 Å². The van der Waals surface area contributed by atoms with Gasteiger partial charge in [0.1, 0.15) is 6.61 Å². The first kappa shape index (κ1) is 17.1. The first-order valence-electron chi connectivity index (χ1n) is 6.81. The molecule has 1 aromatic carbocycles. The van der Waals surface area contributed by atoms with Crippen molar-refractivity contribution in [1.29, 1.82) is 0 Å². The first-order valence-corrected chi connectivity index (χ1v) is 6.81. The molecule has 0 heterocycles. The molecule has 0 unspecified atom stereocenters. The van der Waals surface area contributed by atoms with E-state index in [-0.39, 0.29) is 18.4 Å². The van der Waals surface area contributed by atoms with E-state index in [1.54, 1.807) is 19.2 Å². The maximum atomic E-state index is 11.8. The van der Waals surface area contributed by atoms with Crippen LogP contribution in [0.25, 0.3) is 0 Å². The standard InChI is InChI=1S/C15H22N2O4/c1-12-3-5-13(6-4-12)15(19)17-8-7-16-14(18)11-21-10-9-20-2/h3-6H,7-11H2,1-2H3,(H,16,18)(H,17,19). The van der Waals surface area contributed by atoms with Gasteiger partial charge in [0.05, 0.1) is 13.2 Å². The van der Waals surface area contributed by atoms with Crippen molar-refractivity contribution >= 4 is 11.8 Å². The maximum absolute atomic E-state index is 11.8. The third kappa shape index (κ3) is 7.43. The number of aryl methyl sites for hydroxylation is 1. The molecule has 6 heteroatoms. The second kappa shape index (κ2) is 9.90. The van der Waals surface area contributed by atoms with Crippen molar-refractivity contribution in [3.8, 4) is 0 Å². The number of ether oxygens (including phenoxy) is 2. The molecular formula is C15H22N2O4. The van der Waals surface area contributed by atoms with Crippen LogP contribution in [-0.4, -0.2) is 51.8 Å². The van der Waals surface area contributed by atoms with Gasteiger partial charge in [-0.3, -0.25) is 9.59 Å². The lowest BCUT2D eigenvalue weighted by Gasteiger charge is -2.08. The average molecular weight is 294 g/mol. The third-order valence-corrected chi connectivity index (χ3v) is 2.71. The van der Waals surface area contributed by atoms with Crippen molar-refractivity contribution in [3.63, 3.8) is 0 Å². The molecule has 0 spiro atoms. The van der Waals surface area contributed by atoms with Crippen LogP contribution in [0.3, 0.4) is 0 Å². The molecule has 21 heavy (non-hydrogen) atoms. The summed E-state index contributed by atoms with van der Waals surface area (Å²) < 4.78 is 9.86. The highest BCUT2D eigenvalue weighted by Gasteiger charge is 2.04. The Morgan fingerprint density at radius 2 is 1.71 bits per heavy atom. The number of carbonyl (C=O) groups excluding carboxylic acids is 2. The minimum Gasteiger partial charge on any atom is -0.382 e. The van der Waals surface area contributed by atoms with Crippen LogP contribution in [-0.2, 0) is 14.3 Å². The van der Waals surface area contributed by atoms with E-state index in [1.165, 1.54) is 0 Å². The maximum Gasteiger partial charge on any atom is 0.251 e. The lowest BCUT2D eigenvalue weighted by Crippen LogP contribution is -2.36. The van der Waals surface area contributed by atoms with Crippen LogP contribution in [0.4, 0.5) is 0 Å². The van der Waals surface area contributed by atoms with Gasteiger partial charge < -0.3 is 20.1 Å². The van der Waals surface area contributed by atoms with Crippen molar-refractivity contribution < 1.29 is 19.1 Å². The fourth-order valence-electron chi connectivity index (χ4n) is 1.54. The van der Waals surface area contributed by atoms with Crippen molar-refractivity contribution in [2.45, 2.75) is 6.92 Å². The Morgan fingerprint density at radius 3 is 2.38 bits per heavy atom. The quantitative estimate of drug-likeness (QED) is 0.650. The molecule has 0 bridgehead atoms. The zero-order valence-corrected chi connectivity index (χ0v) is 12.5. The molecule has 0 fully saturated rings. The summed E-state index contributed by atoms with van der Waals surface area (Å²) in [6.45, 7) is 3.54. The van der Waals surface area contributed by atoms with Crippen LogP contribution in [0, 0.1) is 6.92 Å². The molecule has 0 aliphatic carbocycles. The van der Waals surface area contributed by atoms with Gasteiger partial charge in [-0.05, 0) is 19.1 Å². The van der Waals surface area contributed by atoms with Crippen LogP contribution >= 0.6 is 0 Å². The summed E-state index contributed by atoms with van der Waals surface area (Å²) in [7, 11) is 1.57. The van der Waals surface area contributed by atoms with Gasteiger partial charge in [0.2, 0.25) is 5.91 Å². The zero-order chi connectivity index (χ0) is 15.5. The topological polar surface area (TPSA) is 76.7 Å². The second-order valence-electron chi connectivity index (χ2n) is 4.52. The molecule has 0 aliphatic heterocycles. The lowest BCUT2D eigenvalue weighted by atomic mass is 10.1. The molecule has 116 valence electrons. The van der Waals surface area contributed by atoms with Gasteiger partial charge in [0, 0.05) is 25.8 Å². The van der Waals surface area contributed by atoms with Crippen molar-refractivity contribution in [2.24, 2.45) is 0 Å². The summed E-state index contributed by atoms with van der Waals surface area (Å²) in [6.07, 6.45) is 0. The van der Waals surface area contributed by atoms with E-state index >= 15 is 0 Å². The molecule has 0 saturated heterocycles. The highest BCUT2D eigenvalue weighted by Crippen LogP contribution is 2.02. The summed E-state index contributed by atoms with van der Waals surface area (Å²) >= 11 is 0. The SMILES string of the molecule is COCCOCC(=O)NCCNC(=O)c1ccc(C)cc1. The van der Waals surface area contributed by atoms with Gasteiger partial charge in [-0.2, -0.15) is 0 Å². The van der Waals surface area contributed by atoms with Crippen LogP contribution in [0.2, 0.25) is 0 Å². The Kier molecular flexibility index (Phi) is 8.08. The number of nitrogens with one attached hydrogen (secondary N) is 2. The van der Waals surface area contributed by atoms with E-state index in [1.807, 2.05) is 19.1 Å². The Balaban J connectivity index is 2.12. The van der Waals surface area contributed by atoms with Gasteiger partial charge in [-0.25, -0.2) is 0 Å². The minimum absolute atomic E-state index is 0.00469. The number of amides is 2. The molecule has 0 saturated carbocycles. The van der Waals surface area contributed by atoms with Crippen LogP contribution in [0.1, 0.15) is 15.9 Å². The Hall–Kier alpha value is -1.92. The number of benzene rings is 1. The van der Waals surface area contributed by atoms with Gasteiger partial charge in [-0.15, -0.1) is 0 Å². The number of rotatable bonds is 9. The Bertz CT molecular complexity index is 445. The fraction of sp³-hybridized carbons (Fsp3) is 0.467. The molecule has 1 aromatic rings. The number of hydrogen-bond donors (Lipinski definition) is 2. The molecule has 0 aliphatic rings. The molecule has 1 rings (SSSR count). The monoisotopic (exact) mass is 294 g/mol. The Labute approximate surface area is 124 Å². The van der Waals surface area contributed by atoms with Crippen molar-refractivity contribution in [3.05, 3.63) is 35.4 Å². The molecular weight excluding hydrogens is 272 g/mol. The summed E-state index contributed by atoms with van der Waals surface area (Å²) in [5.74, 6) is -0.365. The van der Waals surface area contributed by atoms with Gasteiger partial charge >= 0.3 is 0 Å². The molecule has 2 amide bonds. The van der Waals surface area contributed by atoms with E-state index in [9.17, 15) is 9.59 Å². The molecule has 0 atom stereocenters. The van der Waals surface area contributed by atoms with E-state index < -0.39 is 0 Å².